The van der Waals surface area contributed by atoms with Gasteiger partial charge in [-0.2, -0.15) is 8.78 Å². The number of amides is 4. The van der Waals surface area contributed by atoms with Gasteiger partial charge in [0.05, 0.1) is 11.2 Å². The first kappa shape index (κ1) is 21.7. The van der Waals surface area contributed by atoms with Crippen molar-refractivity contribution < 1.29 is 27.9 Å². The molecule has 1 saturated heterocycles. The first-order chi connectivity index (χ1) is 16.3. The number of fused-ring (bicyclic) bond motifs is 2. The summed E-state index contributed by atoms with van der Waals surface area (Å²) in [4.78, 5) is 39.5. The van der Waals surface area contributed by atoms with E-state index in [0.29, 0.717) is 23.0 Å². The molecule has 2 aromatic carbocycles. The smallest absolute Gasteiger partial charge is 0.387 e. The van der Waals surface area contributed by atoms with E-state index in [-0.39, 0.29) is 23.4 Å². The number of hydrogen-bond acceptors (Lipinski definition) is 4. The number of nitrogens with zero attached hydrogens (tertiary/aromatic N) is 2. The van der Waals surface area contributed by atoms with Gasteiger partial charge in [-0.25, -0.2) is 9.59 Å². The Labute approximate surface area is 192 Å². The van der Waals surface area contributed by atoms with Crippen LogP contribution in [0.25, 0.3) is 10.9 Å². The molecule has 1 aromatic heterocycles. The predicted molar refractivity (Wildman–Crippen MR) is 120 cm³/mol. The number of piperidine rings is 1. The highest BCUT2D eigenvalue weighted by molar-refractivity contribution is 6.06. The van der Waals surface area contributed by atoms with Crippen LogP contribution < -0.4 is 21.1 Å². The van der Waals surface area contributed by atoms with Gasteiger partial charge in [0, 0.05) is 29.4 Å². The summed E-state index contributed by atoms with van der Waals surface area (Å²) in [5, 5.41) is 6.14. The number of nitrogens with two attached hydrogens (primary N) is 1. The van der Waals surface area contributed by atoms with Crippen LogP contribution in [0.5, 0.6) is 5.75 Å². The lowest BCUT2D eigenvalue weighted by Gasteiger charge is -2.27. The molecule has 2 heterocycles. The summed E-state index contributed by atoms with van der Waals surface area (Å²) >= 11 is 0. The zero-order chi connectivity index (χ0) is 24.0. The molecular weight excluding hydrogens is 448 g/mol. The number of ether oxygens (including phenoxy) is 1. The molecule has 0 bridgehead atoms. The Morgan fingerprint density at radius 3 is 2.62 bits per heavy atom. The van der Waals surface area contributed by atoms with Crippen molar-refractivity contribution in [3.63, 3.8) is 0 Å². The summed E-state index contributed by atoms with van der Waals surface area (Å²) in [5.41, 5.74) is 6.68. The minimum Gasteiger partial charge on any atom is -0.435 e. The average Bonchev–Trinajstić information content (AvgIpc) is 3.29. The predicted octanol–water partition coefficient (Wildman–Crippen LogP) is 3.80. The number of likely N-dealkylation sites (tertiary alicyclic amines) is 1. The molecule has 9 nitrogen and oxygen atoms in total. The number of halogens is 2. The third-order valence-corrected chi connectivity index (χ3v) is 6.16. The van der Waals surface area contributed by atoms with Crippen LogP contribution in [0.4, 0.5) is 29.7 Å². The first-order valence-electron chi connectivity index (χ1n) is 10.7. The Balaban J connectivity index is 1.34. The topological polar surface area (TPSA) is 119 Å². The highest BCUT2D eigenvalue weighted by Crippen LogP contribution is 2.48. The molecule has 3 atom stereocenters. The fraction of sp³-hybridized carbons (Fsp3) is 0.261. The maximum atomic E-state index is 13.2. The van der Waals surface area contributed by atoms with Crippen LogP contribution in [-0.2, 0) is 4.79 Å². The number of rotatable bonds is 5. The summed E-state index contributed by atoms with van der Waals surface area (Å²) in [6.45, 7) is -2.98. The second kappa shape index (κ2) is 8.32. The molecule has 0 radical (unpaired) electrons. The normalized spacial score (nSPS) is 20.8. The van der Waals surface area contributed by atoms with Crippen molar-refractivity contribution in [3.05, 3.63) is 54.7 Å². The Kier molecular flexibility index (Phi) is 5.31. The molecule has 176 valence electrons. The molecule has 2 aliphatic rings. The molecule has 1 aliphatic heterocycles. The number of benzene rings is 2. The molecule has 1 saturated carbocycles. The molecule has 11 heteroatoms. The first-order valence-corrected chi connectivity index (χ1v) is 10.7. The summed E-state index contributed by atoms with van der Waals surface area (Å²) < 4.78 is 30.6. The van der Waals surface area contributed by atoms with Gasteiger partial charge in [-0.05, 0) is 37.0 Å². The molecule has 34 heavy (non-hydrogen) atoms. The average molecular weight is 469 g/mol. The molecular formula is C23H21F2N5O4. The van der Waals surface area contributed by atoms with Crippen molar-refractivity contribution in [2.75, 3.05) is 10.6 Å². The standard InChI is InChI=1S/C23H21F2N5O4/c24-21(25)34-14-5-3-4-13(10-14)27-20(31)19-9-12-8-18(12)30(19)23(33)28-16-11-29(22(26)32)17-7-2-1-6-15(16)17/h1-7,10-12,18-19,21H,8-9H2,(H2,26,32)(H,27,31)(H,28,33)/t12?,18?,19-/m0/s1. The van der Waals surface area contributed by atoms with Gasteiger partial charge in [-0.1, -0.05) is 24.3 Å². The van der Waals surface area contributed by atoms with Crippen molar-refractivity contribution in [2.24, 2.45) is 11.7 Å². The van der Waals surface area contributed by atoms with Gasteiger partial charge in [-0.15, -0.1) is 0 Å². The number of carbonyl (C=O) groups excluding carboxylic acids is 3. The fourth-order valence-corrected chi connectivity index (χ4v) is 4.60. The van der Waals surface area contributed by atoms with Crippen molar-refractivity contribution in [1.82, 2.24) is 9.47 Å². The number of nitrogens with one attached hydrogen (secondary N) is 2. The SMILES string of the molecule is NC(=O)n1cc(NC(=O)N2C3CC3C[C@H]2C(=O)Nc2cccc(OC(F)F)c2)c2ccccc21. The largest absolute Gasteiger partial charge is 0.435 e. The molecule has 2 fully saturated rings. The van der Waals surface area contributed by atoms with Crippen LogP contribution in [0, 0.1) is 5.92 Å². The van der Waals surface area contributed by atoms with Gasteiger partial charge >= 0.3 is 18.7 Å². The van der Waals surface area contributed by atoms with Crippen LogP contribution in [0.1, 0.15) is 12.8 Å². The summed E-state index contributed by atoms with van der Waals surface area (Å²) in [6.07, 6.45) is 2.76. The number of anilines is 2. The van der Waals surface area contributed by atoms with Crippen LogP contribution in [-0.4, -0.2) is 46.1 Å². The van der Waals surface area contributed by atoms with Gasteiger partial charge < -0.3 is 26.0 Å². The molecule has 4 amide bonds. The van der Waals surface area contributed by atoms with Gasteiger partial charge in [0.15, 0.2) is 0 Å². The molecule has 5 rings (SSSR count). The third kappa shape index (κ3) is 4.00. The second-order valence-electron chi connectivity index (χ2n) is 8.32. The lowest BCUT2D eigenvalue weighted by atomic mass is 10.1. The summed E-state index contributed by atoms with van der Waals surface area (Å²) in [5.74, 6) is -0.277. The molecule has 0 spiro atoms. The van der Waals surface area contributed by atoms with Crippen LogP contribution in [0.2, 0.25) is 0 Å². The molecule has 4 N–H and O–H groups in total. The van der Waals surface area contributed by atoms with Gasteiger partial charge in [0.25, 0.3) is 0 Å². The minimum absolute atomic E-state index is 0.0614. The van der Waals surface area contributed by atoms with Crippen LogP contribution in [0.3, 0.4) is 0 Å². The van der Waals surface area contributed by atoms with Gasteiger partial charge in [0.1, 0.15) is 11.8 Å². The number of alkyl halides is 2. The van der Waals surface area contributed by atoms with E-state index in [1.165, 1.54) is 33.9 Å². The summed E-state index contributed by atoms with van der Waals surface area (Å²) in [6, 6.07) is 10.7. The maximum Gasteiger partial charge on any atom is 0.387 e. The van der Waals surface area contributed by atoms with E-state index >= 15 is 0 Å². The second-order valence-corrected chi connectivity index (χ2v) is 8.32. The number of urea groups is 1. The number of para-hydroxylation sites is 1. The van der Waals surface area contributed by atoms with E-state index < -0.39 is 30.6 Å². The maximum absolute atomic E-state index is 13.2. The lowest BCUT2D eigenvalue weighted by molar-refractivity contribution is -0.120. The van der Waals surface area contributed by atoms with E-state index in [4.69, 9.17) is 5.73 Å². The van der Waals surface area contributed by atoms with Crippen molar-refractivity contribution in [1.29, 1.82) is 0 Å². The van der Waals surface area contributed by atoms with E-state index in [2.05, 4.69) is 15.4 Å². The minimum atomic E-state index is -2.98. The zero-order valence-corrected chi connectivity index (χ0v) is 17.8. The van der Waals surface area contributed by atoms with E-state index in [1.807, 2.05) is 0 Å². The Morgan fingerprint density at radius 1 is 1.06 bits per heavy atom. The van der Waals surface area contributed by atoms with Crippen molar-refractivity contribution in [2.45, 2.75) is 31.5 Å². The number of hydrogen-bond donors (Lipinski definition) is 3. The zero-order valence-electron chi connectivity index (χ0n) is 17.8. The van der Waals surface area contributed by atoms with Crippen molar-refractivity contribution in [3.8, 4) is 5.75 Å². The van der Waals surface area contributed by atoms with Crippen molar-refractivity contribution >= 4 is 40.2 Å². The lowest BCUT2D eigenvalue weighted by Crippen LogP contribution is -2.47. The van der Waals surface area contributed by atoms with E-state index in [9.17, 15) is 23.2 Å². The third-order valence-electron chi connectivity index (χ3n) is 6.16. The monoisotopic (exact) mass is 469 g/mol. The fourth-order valence-electron chi connectivity index (χ4n) is 4.60. The van der Waals surface area contributed by atoms with Crippen LogP contribution in [0.15, 0.2) is 54.7 Å². The Morgan fingerprint density at radius 2 is 1.85 bits per heavy atom. The Bertz CT molecular complexity index is 1290. The number of carbonyl (C=O) groups is 3. The highest BCUT2D eigenvalue weighted by atomic mass is 19.3. The van der Waals surface area contributed by atoms with Gasteiger partial charge in [0.2, 0.25) is 5.91 Å². The molecule has 2 unspecified atom stereocenters. The number of primary amides is 1. The Hall–Kier alpha value is -4.15. The molecule has 3 aromatic rings. The van der Waals surface area contributed by atoms with Crippen LogP contribution >= 0.6 is 0 Å². The highest BCUT2D eigenvalue weighted by Gasteiger charge is 2.56. The van der Waals surface area contributed by atoms with E-state index in [1.54, 1.807) is 30.3 Å². The summed E-state index contributed by atoms with van der Waals surface area (Å²) in [7, 11) is 0. The quantitative estimate of drug-likeness (QED) is 0.527. The molecule has 1 aliphatic carbocycles. The van der Waals surface area contributed by atoms with Gasteiger partial charge in [-0.3, -0.25) is 9.36 Å². The number of aromatic nitrogens is 1. The van der Waals surface area contributed by atoms with E-state index in [0.717, 1.165) is 6.42 Å².